The molecule has 0 atom stereocenters. The molecule has 20 aromatic carbocycles. The number of nitrogens with zero attached hydrogens (tertiary/aromatic N) is 2. The van der Waals surface area contributed by atoms with E-state index in [1.54, 1.807) is 13.3 Å². The summed E-state index contributed by atoms with van der Waals surface area (Å²) < 4.78 is 63.7. The number of aromatic nitrogens is 2. The van der Waals surface area contributed by atoms with Gasteiger partial charge in [0.1, 0.15) is 50.9 Å². The van der Waals surface area contributed by atoms with Crippen LogP contribution in [0.2, 0.25) is 0 Å². The summed E-state index contributed by atoms with van der Waals surface area (Å²) in [7, 11) is -9.35. The van der Waals surface area contributed by atoms with Crippen LogP contribution in [0.4, 0.5) is 0 Å². The number of benzene rings is 20. The minimum atomic E-state index is -2.37. The van der Waals surface area contributed by atoms with Crippen LogP contribution in [0.25, 0.3) is 219 Å². The molecule has 0 aliphatic carbocycles. The lowest BCUT2D eigenvalue weighted by atomic mass is 9.91. The van der Waals surface area contributed by atoms with E-state index in [2.05, 4.69) is 334 Å². The monoisotopic (exact) mass is 1730 g/mol. The van der Waals surface area contributed by atoms with Crippen LogP contribution in [-0.2, 0) is 18.3 Å². The van der Waals surface area contributed by atoms with E-state index in [0.29, 0.717) is 0 Å². The standard InChI is InChI=1S/C35H26NOP.2C28H21O2P.C25H20NOP/c1-38(2,37)28-14-8-12-26(22-28)25-11-7-13-27(21-25)33-31-19-17-23-9-3-5-15-29(23)34(31)36-35-30-16-6-4-10-24(30)18-20-32(33)35;1-31(2,29)21-11-7-10-19(16-21)24-17-20-9-4-6-13-23(20)27-26-22-12-5-3-8-18(22)14-15-25(26)30-28(24)27;1-31(2,29)21-14-11-19(12-15-21)24-17-20-8-4-6-10-23(20)27-26-22-9-5-3-7-18(22)13-16-25(26)30-28(24)27;1-28(2,27)19-10-7-9-18(16-19)24-21-12-5-6-13-23(21)26-25-20-11-4-3-8-17(20)14-15-22(24)25/h3-22H,1-2H3;2*3-17H,1-2H3;3-16H,1-2H3. The summed E-state index contributed by atoms with van der Waals surface area (Å²) in [6.07, 6.45) is 0. The van der Waals surface area contributed by atoms with Crippen LogP contribution in [0.1, 0.15) is 0 Å². The van der Waals surface area contributed by atoms with Crippen molar-refractivity contribution < 1.29 is 27.1 Å². The highest BCUT2D eigenvalue weighted by atomic mass is 31.2. The first-order valence-corrected chi connectivity index (χ1v) is 53.5. The summed E-state index contributed by atoms with van der Waals surface area (Å²) in [5.41, 5.74) is 18.5. The SMILES string of the molecule is CP(C)(=O)c1ccc(-c2cc3ccccc3c3c2oc2ccc4ccccc4c23)cc1.CP(C)(=O)c1cccc(-c2c3ccccc3nc3c2ccc2ccccc23)c1.CP(C)(=O)c1cccc(-c2cc3ccccc3c3c2oc2ccc4ccccc4c23)c1.CP(C)(=O)c1cccc(-c2cccc(-c3c4ccc5ccccc5c4nc4c3ccc3ccccc34)c2)c1. The summed E-state index contributed by atoms with van der Waals surface area (Å²) in [5.74, 6) is 0. The Morgan fingerprint density at radius 1 is 0.203 bits per heavy atom. The molecule has 24 aromatic rings. The van der Waals surface area contributed by atoms with Crippen LogP contribution in [-0.4, -0.2) is 63.3 Å². The van der Waals surface area contributed by atoms with Crippen molar-refractivity contribution in [1.29, 1.82) is 0 Å². The van der Waals surface area contributed by atoms with Crippen LogP contribution < -0.4 is 21.2 Å². The molecule has 0 fully saturated rings. The Hall–Kier alpha value is -13.9. The fourth-order valence-corrected chi connectivity index (χ4v) is 22.3. The van der Waals surface area contributed by atoms with Gasteiger partial charge in [-0.25, -0.2) is 9.97 Å². The van der Waals surface area contributed by atoms with Crippen LogP contribution >= 0.6 is 28.6 Å². The zero-order valence-electron chi connectivity index (χ0n) is 72.1. The normalized spacial score (nSPS) is 12.2. The Morgan fingerprint density at radius 3 is 0.945 bits per heavy atom. The Kier molecular flexibility index (Phi) is 20.4. The molecule has 0 N–H and O–H groups in total. The van der Waals surface area contributed by atoms with Gasteiger partial charge >= 0.3 is 0 Å². The smallest absolute Gasteiger partial charge is 0.143 e. The topological polar surface area (TPSA) is 120 Å². The van der Waals surface area contributed by atoms with Crippen LogP contribution in [0.3, 0.4) is 0 Å². The molecule has 0 amide bonds. The second kappa shape index (κ2) is 32.2. The Morgan fingerprint density at radius 2 is 0.508 bits per heavy atom. The summed E-state index contributed by atoms with van der Waals surface area (Å²) in [6, 6.07) is 135. The van der Waals surface area contributed by atoms with Crippen molar-refractivity contribution in [2.45, 2.75) is 0 Å². The lowest BCUT2D eigenvalue weighted by Crippen LogP contribution is -2.02. The maximum absolute atomic E-state index is 12.8. The fourth-order valence-electron chi connectivity index (χ4n) is 18.7. The van der Waals surface area contributed by atoms with E-state index in [1.165, 1.54) is 64.8 Å². The number of hydrogen-bond acceptors (Lipinski definition) is 8. The molecule has 0 radical (unpaired) electrons. The van der Waals surface area contributed by atoms with E-state index >= 15 is 0 Å². The lowest BCUT2D eigenvalue weighted by Gasteiger charge is -2.16. The van der Waals surface area contributed by atoms with Crippen molar-refractivity contribution in [3.63, 3.8) is 0 Å². The van der Waals surface area contributed by atoms with Crippen molar-refractivity contribution in [3.8, 4) is 55.6 Å². The first kappa shape index (κ1) is 81.1. The molecule has 0 saturated carbocycles. The van der Waals surface area contributed by atoms with Gasteiger partial charge in [0.25, 0.3) is 0 Å². The molecule has 0 aliphatic rings. The number of furan rings is 2. The van der Waals surface area contributed by atoms with Gasteiger partial charge in [0, 0.05) is 103 Å². The molecule has 24 rings (SSSR count). The predicted octanol–water partition coefficient (Wildman–Crippen LogP) is 31.3. The van der Waals surface area contributed by atoms with E-state index in [-0.39, 0.29) is 0 Å². The number of hydrogen-bond donors (Lipinski definition) is 0. The molecular formula is C116H88N2O6P4. The van der Waals surface area contributed by atoms with Gasteiger partial charge in [0.2, 0.25) is 0 Å². The van der Waals surface area contributed by atoms with Crippen molar-refractivity contribution >= 4 is 213 Å². The molecule has 12 heteroatoms. The maximum Gasteiger partial charge on any atom is 0.143 e. The van der Waals surface area contributed by atoms with Crippen LogP contribution in [0, 0.1) is 0 Å². The van der Waals surface area contributed by atoms with Gasteiger partial charge in [-0.15, -0.1) is 0 Å². The van der Waals surface area contributed by atoms with Gasteiger partial charge in [-0.3, -0.25) is 0 Å². The van der Waals surface area contributed by atoms with E-state index < -0.39 is 28.6 Å². The molecule has 128 heavy (non-hydrogen) atoms. The summed E-state index contributed by atoms with van der Waals surface area (Å²) in [4.78, 5) is 10.3. The first-order chi connectivity index (χ1) is 62.0. The average molecular weight is 1730 g/mol. The molecule has 8 nitrogen and oxygen atoms in total. The van der Waals surface area contributed by atoms with Crippen LogP contribution in [0.5, 0.6) is 0 Å². The molecule has 0 saturated heterocycles. The molecule has 0 aliphatic heterocycles. The Balaban J connectivity index is 0.000000104. The maximum atomic E-state index is 12.8. The molecule has 0 unspecified atom stereocenters. The summed E-state index contributed by atoms with van der Waals surface area (Å²) in [5, 5.41) is 29.3. The second-order valence-electron chi connectivity index (χ2n) is 34.9. The highest BCUT2D eigenvalue weighted by Gasteiger charge is 2.25. The van der Waals surface area contributed by atoms with E-state index in [9.17, 15) is 18.3 Å². The third-order valence-electron chi connectivity index (χ3n) is 25.1. The summed E-state index contributed by atoms with van der Waals surface area (Å²) in [6.45, 7) is 14.5. The second-order valence-corrected chi connectivity index (χ2v) is 47.8. The molecule has 618 valence electrons. The third kappa shape index (κ3) is 14.9. The lowest BCUT2D eigenvalue weighted by molar-refractivity contribution is 0.587. The Bertz CT molecular complexity index is 8820. The minimum absolute atomic E-state index is 0.879. The number of pyridine rings is 2. The average Bonchev–Trinajstić information content (AvgIpc) is 1.51. The summed E-state index contributed by atoms with van der Waals surface area (Å²) >= 11 is 0. The molecule has 4 heterocycles. The zero-order valence-corrected chi connectivity index (χ0v) is 75.7. The van der Waals surface area contributed by atoms with Crippen molar-refractivity contribution in [1.82, 2.24) is 9.97 Å². The van der Waals surface area contributed by atoms with Gasteiger partial charge in [-0.05, 0) is 201 Å². The highest BCUT2D eigenvalue weighted by Crippen LogP contribution is 2.50. The quantitative estimate of drug-likeness (QED) is 0.0796. The van der Waals surface area contributed by atoms with E-state index in [0.717, 1.165) is 175 Å². The minimum Gasteiger partial charge on any atom is -0.455 e. The van der Waals surface area contributed by atoms with Gasteiger partial charge in [0.15, 0.2) is 0 Å². The number of rotatable bonds is 9. The van der Waals surface area contributed by atoms with E-state index in [4.69, 9.17) is 18.8 Å². The number of para-hydroxylation sites is 1. The van der Waals surface area contributed by atoms with Crippen molar-refractivity contribution in [2.75, 3.05) is 53.3 Å². The molecular weight excluding hydrogens is 1640 g/mol. The largest absolute Gasteiger partial charge is 0.455 e. The molecule has 0 bridgehead atoms. The predicted molar refractivity (Wildman–Crippen MR) is 552 cm³/mol. The van der Waals surface area contributed by atoms with Gasteiger partial charge in [-0.2, -0.15) is 0 Å². The molecule has 4 aromatic heterocycles. The Labute approximate surface area is 741 Å². The highest BCUT2D eigenvalue weighted by molar-refractivity contribution is 7.71. The van der Waals surface area contributed by atoms with Crippen molar-refractivity contribution in [3.05, 3.63) is 388 Å². The first-order valence-electron chi connectivity index (χ1n) is 43.1. The molecule has 0 spiro atoms. The third-order valence-corrected chi connectivity index (χ3v) is 31.2. The number of fused-ring (bicyclic) bond motifs is 24. The van der Waals surface area contributed by atoms with Crippen molar-refractivity contribution in [2.24, 2.45) is 0 Å². The van der Waals surface area contributed by atoms with Gasteiger partial charge in [0.05, 0.1) is 22.1 Å². The zero-order chi connectivity index (χ0) is 87.5. The van der Waals surface area contributed by atoms with Crippen LogP contribution in [0.15, 0.2) is 397 Å². The fraction of sp³-hybridized carbons (Fsp3) is 0.0690. The van der Waals surface area contributed by atoms with Gasteiger partial charge < -0.3 is 27.1 Å². The van der Waals surface area contributed by atoms with E-state index in [1.807, 2.05) is 94.6 Å². The van der Waals surface area contributed by atoms with Gasteiger partial charge in [-0.1, -0.05) is 334 Å².